The van der Waals surface area contributed by atoms with Crippen LogP contribution in [0.1, 0.15) is 30.1 Å². The van der Waals surface area contributed by atoms with Crippen molar-refractivity contribution in [3.63, 3.8) is 0 Å². The minimum Gasteiger partial charge on any atom is -0.490 e. The molecule has 0 unspecified atom stereocenters. The smallest absolute Gasteiger partial charge is 0.254 e. The molecule has 1 aromatic heterocycles. The molecule has 0 spiro atoms. The van der Waals surface area contributed by atoms with Crippen molar-refractivity contribution >= 4 is 29.2 Å². The molecule has 1 aliphatic rings. The summed E-state index contributed by atoms with van der Waals surface area (Å²) in [6.07, 6.45) is 3.12. The van der Waals surface area contributed by atoms with E-state index in [4.69, 9.17) is 16.3 Å². The zero-order valence-electron chi connectivity index (χ0n) is 14.4. The Morgan fingerprint density at radius 3 is 2.54 bits per heavy atom. The third-order valence-electron chi connectivity index (χ3n) is 4.16. The summed E-state index contributed by atoms with van der Waals surface area (Å²) in [5.74, 6) is 0.878. The van der Waals surface area contributed by atoms with Gasteiger partial charge in [0, 0.05) is 49.6 Å². The molecule has 136 valence electrons. The maximum atomic E-state index is 12.7. The summed E-state index contributed by atoms with van der Waals surface area (Å²) < 4.78 is 5.95. The summed E-state index contributed by atoms with van der Waals surface area (Å²) in [4.78, 5) is 29.6. The molecular weight excluding hydrogens is 354 g/mol. The number of anilines is 1. The number of amides is 2. The van der Waals surface area contributed by atoms with E-state index in [1.165, 1.54) is 13.1 Å². The van der Waals surface area contributed by atoms with E-state index in [-0.39, 0.29) is 17.9 Å². The molecule has 1 saturated heterocycles. The second-order valence-electron chi connectivity index (χ2n) is 6.17. The van der Waals surface area contributed by atoms with Crippen molar-refractivity contribution in [1.82, 2.24) is 9.88 Å². The topological polar surface area (TPSA) is 71.5 Å². The lowest BCUT2D eigenvalue weighted by molar-refractivity contribution is -0.114. The van der Waals surface area contributed by atoms with Gasteiger partial charge in [-0.15, -0.1) is 0 Å². The van der Waals surface area contributed by atoms with E-state index in [0.29, 0.717) is 29.5 Å². The fourth-order valence-electron chi connectivity index (χ4n) is 2.88. The minimum absolute atomic E-state index is 0.0658. The van der Waals surface area contributed by atoms with Crippen molar-refractivity contribution in [3.05, 3.63) is 53.2 Å². The zero-order valence-corrected chi connectivity index (χ0v) is 15.2. The average molecular weight is 374 g/mol. The number of halogens is 1. The summed E-state index contributed by atoms with van der Waals surface area (Å²) in [7, 11) is 0. The lowest BCUT2D eigenvalue weighted by Gasteiger charge is -2.32. The number of hydrogen-bond acceptors (Lipinski definition) is 4. The fourth-order valence-corrected chi connectivity index (χ4v) is 3.00. The van der Waals surface area contributed by atoms with Gasteiger partial charge in [-0.1, -0.05) is 11.6 Å². The number of carbonyl (C=O) groups is 2. The molecule has 2 aromatic rings. The van der Waals surface area contributed by atoms with Crippen molar-refractivity contribution in [1.29, 1.82) is 0 Å². The number of nitrogens with one attached hydrogen (secondary N) is 1. The summed E-state index contributed by atoms with van der Waals surface area (Å²) in [5.41, 5.74) is 0.515. The SMILES string of the molecule is CC(=O)Nc1cc(C(=O)N2CCC(Oc3ccc(Cl)cc3)CC2)ccn1. The van der Waals surface area contributed by atoms with Crippen LogP contribution in [0.2, 0.25) is 5.02 Å². The van der Waals surface area contributed by atoms with Crippen LogP contribution in [-0.2, 0) is 4.79 Å². The number of benzene rings is 1. The highest BCUT2D eigenvalue weighted by atomic mass is 35.5. The van der Waals surface area contributed by atoms with Gasteiger partial charge in [0.15, 0.2) is 0 Å². The number of pyridine rings is 1. The van der Waals surface area contributed by atoms with Gasteiger partial charge in [0.1, 0.15) is 17.7 Å². The Bertz CT molecular complexity index is 787. The van der Waals surface area contributed by atoms with Gasteiger partial charge in [-0.3, -0.25) is 9.59 Å². The van der Waals surface area contributed by atoms with Crippen LogP contribution in [0.25, 0.3) is 0 Å². The first-order valence-electron chi connectivity index (χ1n) is 8.46. The number of nitrogens with zero attached hydrogens (tertiary/aromatic N) is 2. The average Bonchev–Trinajstić information content (AvgIpc) is 2.63. The predicted molar refractivity (Wildman–Crippen MR) is 99.5 cm³/mol. The van der Waals surface area contributed by atoms with E-state index in [1.54, 1.807) is 29.2 Å². The third-order valence-corrected chi connectivity index (χ3v) is 4.41. The maximum Gasteiger partial charge on any atom is 0.254 e. The van der Waals surface area contributed by atoms with Gasteiger partial charge in [0.2, 0.25) is 5.91 Å². The Morgan fingerprint density at radius 1 is 1.19 bits per heavy atom. The first-order valence-corrected chi connectivity index (χ1v) is 8.84. The van der Waals surface area contributed by atoms with Crippen LogP contribution in [0.15, 0.2) is 42.6 Å². The molecule has 2 amide bonds. The molecular formula is C19H20ClN3O3. The molecule has 0 atom stereocenters. The van der Waals surface area contributed by atoms with Crippen molar-refractivity contribution in [2.24, 2.45) is 0 Å². The number of rotatable bonds is 4. The van der Waals surface area contributed by atoms with E-state index in [2.05, 4.69) is 10.3 Å². The summed E-state index contributed by atoms with van der Waals surface area (Å²) >= 11 is 5.88. The highest BCUT2D eigenvalue weighted by molar-refractivity contribution is 6.30. The van der Waals surface area contributed by atoms with Crippen LogP contribution in [0, 0.1) is 0 Å². The van der Waals surface area contributed by atoms with Gasteiger partial charge in [-0.05, 0) is 36.4 Å². The van der Waals surface area contributed by atoms with Crippen LogP contribution < -0.4 is 10.1 Å². The normalized spacial score (nSPS) is 14.8. The van der Waals surface area contributed by atoms with Crippen LogP contribution in [0.4, 0.5) is 5.82 Å². The molecule has 0 aliphatic carbocycles. The molecule has 1 aliphatic heterocycles. The molecule has 1 N–H and O–H groups in total. The van der Waals surface area contributed by atoms with Crippen molar-refractivity contribution in [3.8, 4) is 5.75 Å². The van der Waals surface area contributed by atoms with Crippen molar-refractivity contribution in [2.45, 2.75) is 25.9 Å². The van der Waals surface area contributed by atoms with Gasteiger partial charge in [-0.2, -0.15) is 0 Å². The van der Waals surface area contributed by atoms with E-state index in [0.717, 1.165) is 18.6 Å². The fraction of sp³-hybridized carbons (Fsp3) is 0.316. The van der Waals surface area contributed by atoms with Crippen LogP contribution in [0.5, 0.6) is 5.75 Å². The first-order chi connectivity index (χ1) is 12.5. The summed E-state index contributed by atoms with van der Waals surface area (Å²) in [5, 5.41) is 3.27. The van der Waals surface area contributed by atoms with Crippen LogP contribution in [-0.4, -0.2) is 40.9 Å². The van der Waals surface area contributed by atoms with Crippen molar-refractivity contribution in [2.75, 3.05) is 18.4 Å². The minimum atomic E-state index is -0.220. The van der Waals surface area contributed by atoms with Crippen LogP contribution >= 0.6 is 11.6 Å². The van der Waals surface area contributed by atoms with Gasteiger partial charge in [-0.25, -0.2) is 4.98 Å². The van der Waals surface area contributed by atoms with Gasteiger partial charge >= 0.3 is 0 Å². The highest BCUT2D eigenvalue weighted by Crippen LogP contribution is 2.22. The van der Waals surface area contributed by atoms with E-state index < -0.39 is 0 Å². The lowest BCUT2D eigenvalue weighted by atomic mass is 10.1. The van der Waals surface area contributed by atoms with E-state index in [9.17, 15) is 9.59 Å². The van der Waals surface area contributed by atoms with Crippen LogP contribution in [0.3, 0.4) is 0 Å². The van der Waals surface area contributed by atoms with E-state index in [1.807, 2.05) is 12.1 Å². The largest absolute Gasteiger partial charge is 0.490 e. The molecule has 1 fully saturated rings. The Hall–Kier alpha value is -2.60. The number of carbonyl (C=O) groups excluding carboxylic acids is 2. The molecule has 7 heteroatoms. The molecule has 2 heterocycles. The summed E-state index contributed by atoms with van der Waals surface area (Å²) in [6.45, 7) is 2.64. The number of ether oxygens (including phenoxy) is 1. The molecule has 1 aromatic carbocycles. The van der Waals surface area contributed by atoms with Gasteiger partial charge in [0.05, 0.1) is 0 Å². The third kappa shape index (κ3) is 4.73. The van der Waals surface area contributed by atoms with Gasteiger partial charge < -0.3 is 15.0 Å². The molecule has 0 bridgehead atoms. The Labute approximate surface area is 157 Å². The quantitative estimate of drug-likeness (QED) is 0.891. The van der Waals surface area contributed by atoms with Crippen molar-refractivity contribution < 1.29 is 14.3 Å². The molecule has 6 nitrogen and oxygen atoms in total. The lowest BCUT2D eigenvalue weighted by Crippen LogP contribution is -2.41. The van der Waals surface area contributed by atoms with Gasteiger partial charge in [0.25, 0.3) is 5.91 Å². The number of piperidine rings is 1. The zero-order chi connectivity index (χ0) is 18.5. The standard InChI is InChI=1S/C19H20ClN3O3/c1-13(24)22-18-12-14(6-9-21-18)19(25)23-10-7-17(8-11-23)26-16-4-2-15(20)3-5-16/h2-6,9,12,17H,7-8,10-11H2,1H3,(H,21,22,24). The summed E-state index contributed by atoms with van der Waals surface area (Å²) in [6, 6.07) is 10.5. The molecule has 0 radical (unpaired) electrons. The molecule has 0 saturated carbocycles. The second kappa shape index (κ2) is 8.19. The Morgan fingerprint density at radius 2 is 1.88 bits per heavy atom. The first kappa shape index (κ1) is 18.2. The second-order valence-corrected chi connectivity index (χ2v) is 6.61. The number of hydrogen-bond donors (Lipinski definition) is 1. The number of likely N-dealkylation sites (tertiary alicyclic amines) is 1. The Balaban J connectivity index is 1.56. The Kier molecular flexibility index (Phi) is 5.73. The van der Waals surface area contributed by atoms with E-state index >= 15 is 0 Å². The maximum absolute atomic E-state index is 12.7. The highest BCUT2D eigenvalue weighted by Gasteiger charge is 2.25. The molecule has 3 rings (SSSR count). The predicted octanol–water partition coefficient (Wildman–Crippen LogP) is 3.38. The monoisotopic (exact) mass is 373 g/mol. The number of aromatic nitrogens is 1. The molecule has 26 heavy (non-hydrogen) atoms.